The molecule has 0 saturated carbocycles. The fourth-order valence-corrected chi connectivity index (χ4v) is 4.54. The molecule has 0 unspecified atom stereocenters. The molecule has 0 aliphatic carbocycles. The van der Waals surface area contributed by atoms with Crippen LogP contribution >= 0.6 is 28.3 Å². The molecule has 0 radical (unpaired) electrons. The smallest absolute Gasteiger partial charge is 0.250 e. The zero-order valence-electron chi connectivity index (χ0n) is 13.9. The lowest BCUT2D eigenvalue weighted by Gasteiger charge is -2.41. The van der Waals surface area contributed by atoms with E-state index in [1.54, 1.807) is 6.20 Å². The highest BCUT2D eigenvalue weighted by molar-refractivity contribution is 9.10. The molecule has 1 amide bonds. The van der Waals surface area contributed by atoms with Crippen molar-refractivity contribution in [3.05, 3.63) is 52.3 Å². The van der Waals surface area contributed by atoms with E-state index in [9.17, 15) is 4.79 Å². The van der Waals surface area contributed by atoms with E-state index in [2.05, 4.69) is 38.5 Å². The van der Waals surface area contributed by atoms with Crippen LogP contribution in [0.2, 0.25) is 0 Å². The van der Waals surface area contributed by atoms with Gasteiger partial charge in [0.15, 0.2) is 0 Å². The van der Waals surface area contributed by atoms with E-state index in [0.717, 1.165) is 43.4 Å². The van der Waals surface area contributed by atoms with Crippen molar-refractivity contribution in [3.63, 3.8) is 0 Å². The van der Waals surface area contributed by atoms with Crippen molar-refractivity contribution in [2.24, 2.45) is 0 Å². The van der Waals surface area contributed by atoms with Crippen LogP contribution in [0.15, 0.2) is 41.1 Å². The first-order valence-electron chi connectivity index (χ1n) is 8.47. The summed E-state index contributed by atoms with van der Waals surface area (Å²) in [4.78, 5) is 15.5. The topological polar surface area (TPSA) is 50.2 Å². The Morgan fingerprint density at radius 1 is 1.24 bits per heavy atom. The van der Waals surface area contributed by atoms with Crippen molar-refractivity contribution >= 4 is 34.2 Å². The number of fused-ring (bicyclic) bond motifs is 1. The molecule has 1 saturated heterocycles. The second-order valence-corrected chi connectivity index (χ2v) is 7.44. The molecule has 134 valence electrons. The SMILES string of the molecule is Cl.O=C(N1CCc2c(Br)cccc2C1)C1(n2cccn2)CCNCC1. The molecule has 2 aliphatic heterocycles. The van der Waals surface area contributed by atoms with Crippen LogP contribution in [-0.4, -0.2) is 40.2 Å². The molecule has 5 nitrogen and oxygen atoms in total. The molecular weight excluding hydrogens is 404 g/mol. The van der Waals surface area contributed by atoms with E-state index in [0.29, 0.717) is 6.54 Å². The predicted octanol–water partition coefficient (Wildman–Crippen LogP) is 2.73. The molecule has 7 heteroatoms. The largest absolute Gasteiger partial charge is 0.336 e. The van der Waals surface area contributed by atoms with Gasteiger partial charge in [0, 0.05) is 30.0 Å². The Morgan fingerprint density at radius 3 is 2.76 bits per heavy atom. The minimum absolute atomic E-state index is 0. The molecule has 4 rings (SSSR count). The third-order valence-electron chi connectivity index (χ3n) is 5.27. The number of nitrogens with zero attached hydrogens (tertiary/aromatic N) is 3. The summed E-state index contributed by atoms with van der Waals surface area (Å²) in [6.45, 7) is 3.15. The second kappa shape index (κ2) is 7.48. The van der Waals surface area contributed by atoms with Crippen LogP contribution in [0.5, 0.6) is 0 Å². The summed E-state index contributed by atoms with van der Waals surface area (Å²) in [6, 6.07) is 8.15. The molecule has 0 atom stereocenters. The third-order valence-corrected chi connectivity index (χ3v) is 6.01. The Labute approximate surface area is 162 Å². The predicted molar refractivity (Wildman–Crippen MR) is 103 cm³/mol. The van der Waals surface area contributed by atoms with Gasteiger partial charge < -0.3 is 10.2 Å². The number of carbonyl (C=O) groups is 1. The highest BCUT2D eigenvalue weighted by Crippen LogP contribution is 2.33. The number of nitrogens with one attached hydrogen (secondary N) is 1. The van der Waals surface area contributed by atoms with E-state index in [-0.39, 0.29) is 18.3 Å². The van der Waals surface area contributed by atoms with Crippen LogP contribution in [0.1, 0.15) is 24.0 Å². The number of hydrogen-bond acceptors (Lipinski definition) is 3. The number of amides is 1. The molecule has 25 heavy (non-hydrogen) atoms. The van der Waals surface area contributed by atoms with Crippen molar-refractivity contribution in [1.82, 2.24) is 20.0 Å². The van der Waals surface area contributed by atoms with Gasteiger partial charge in [-0.05, 0) is 55.6 Å². The maximum Gasteiger partial charge on any atom is 0.250 e. The molecule has 1 N–H and O–H groups in total. The summed E-state index contributed by atoms with van der Waals surface area (Å²) in [5, 5.41) is 7.78. The number of rotatable bonds is 2. The Morgan fingerprint density at radius 2 is 2.04 bits per heavy atom. The fourth-order valence-electron chi connectivity index (χ4n) is 3.93. The molecule has 0 spiro atoms. The number of carbonyl (C=O) groups excluding carboxylic acids is 1. The van der Waals surface area contributed by atoms with Crippen molar-refractivity contribution in [2.75, 3.05) is 19.6 Å². The fraction of sp³-hybridized carbons (Fsp3) is 0.444. The van der Waals surface area contributed by atoms with Crippen molar-refractivity contribution in [2.45, 2.75) is 31.3 Å². The first kappa shape index (κ1) is 18.4. The molecule has 1 fully saturated rings. The van der Waals surface area contributed by atoms with Crippen LogP contribution in [0.4, 0.5) is 0 Å². The van der Waals surface area contributed by atoms with Gasteiger partial charge in [-0.25, -0.2) is 0 Å². The van der Waals surface area contributed by atoms with Gasteiger partial charge in [-0.1, -0.05) is 28.1 Å². The minimum Gasteiger partial charge on any atom is -0.336 e. The van der Waals surface area contributed by atoms with Crippen LogP contribution < -0.4 is 5.32 Å². The van der Waals surface area contributed by atoms with E-state index in [4.69, 9.17) is 0 Å². The van der Waals surface area contributed by atoms with Crippen molar-refractivity contribution < 1.29 is 4.79 Å². The second-order valence-electron chi connectivity index (χ2n) is 6.59. The maximum absolute atomic E-state index is 13.5. The highest BCUT2D eigenvalue weighted by atomic mass is 79.9. The average Bonchev–Trinajstić information content (AvgIpc) is 3.17. The van der Waals surface area contributed by atoms with Gasteiger partial charge in [0.05, 0.1) is 0 Å². The van der Waals surface area contributed by atoms with E-state index in [1.165, 1.54) is 11.1 Å². The molecule has 2 aromatic rings. The summed E-state index contributed by atoms with van der Waals surface area (Å²) in [5.41, 5.74) is 2.03. The normalized spacial score (nSPS) is 19.0. The van der Waals surface area contributed by atoms with Gasteiger partial charge in [0.2, 0.25) is 0 Å². The zero-order valence-corrected chi connectivity index (χ0v) is 16.4. The number of halogens is 2. The molecule has 0 bridgehead atoms. The Hall–Kier alpha value is -1.37. The Bertz CT molecular complexity index is 744. The first-order chi connectivity index (χ1) is 11.7. The number of piperidine rings is 1. The number of benzene rings is 1. The summed E-state index contributed by atoms with van der Waals surface area (Å²) in [5.74, 6) is 0.207. The van der Waals surface area contributed by atoms with Crippen LogP contribution in [0, 0.1) is 0 Å². The van der Waals surface area contributed by atoms with Gasteiger partial charge >= 0.3 is 0 Å². The van der Waals surface area contributed by atoms with E-state index >= 15 is 0 Å². The van der Waals surface area contributed by atoms with Crippen molar-refractivity contribution in [3.8, 4) is 0 Å². The van der Waals surface area contributed by atoms with E-state index in [1.807, 2.05) is 27.9 Å². The minimum atomic E-state index is -0.543. The van der Waals surface area contributed by atoms with Gasteiger partial charge in [-0.3, -0.25) is 9.48 Å². The molecular formula is C18H22BrClN4O. The molecule has 1 aromatic heterocycles. The maximum atomic E-state index is 13.5. The van der Waals surface area contributed by atoms with E-state index < -0.39 is 5.54 Å². The average molecular weight is 426 g/mol. The quantitative estimate of drug-likeness (QED) is 0.805. The van der Waals surface area contributed by atoms with Gasteiger partial charge in [-0.2, -0.15) is 5.10 Å². The monoisotopic (exact) mass is 424 g/mol. The molecule has 2 aliphatic rings. The Kier molecular flexibility index (Phi) is 5.51. The number of aromatic nitrogens is 2. The van der Waals surface area contributed by atoms with Gasteiger partial charge in [-0.15, -0.1) is 12.4 Å². The number of hydrogen-bond donors (Lipinski definition) is 1. The zero-order chi connectivity index (χ0) is 16.6. The lowest BCUT2D eigenvalue weighted by molar-refractivity contribution is -0.144. The molecule has 3 heterocycles. The van der Waals surface area contributed by atoms with Crippen LogP contribution in [-0.2, 0) is 23.3 Å². The summed E-state index contributed by atoms with van der Waals surface area (Å²) >= 11 is 3.63. The summed E-state index contributed by atoms with van der Waals surface area (Å²) in [7, 11) is 0. The lowest BCUT2D eigenvalue weighted by atomic mass is 9.86. The summed E-state index contributed by atoms with van der Waals surface area (Å²) < 4.78 is 3.03. The molecule has 1 aromatic carbocycles. The van der Waals surface area contributed by atoms with Crippen LogP contribution in [0.3, 0.4) is 0 Å². The highest BCUT2D eigenvalue weighted by Gasteiger charge is 2.44. The summed E-state index contributed by atoms with van der Waals surface area (Å²) in [6.07, 6.45) is 6.16. The third kappa shape index (κ3) is 3.23. The van der Waals surface area contributed by atoms with Gasteiger partial charge in [0.25, 0.3) is 5.91 Å². The first-order valence-corrected chi connectivity index (χ1v) is 9.26. The Balaban J connectivity index is 0.00000182. The van der Waals surface area contributed by atoms with Crippen molar-refractivity contribution in [1.29, 1.82) is 0 Å². The standard InChI is InChI=1S/C18H21BrN4O.ClH/c19-16-4-1-3-14-13-22(12-5-15(14)16)17(24)18(6-9-20-10-7-18)23-11-2-8-21-23;/h1-4,8,11,20H,5-7,9-10,12-13H2;1H. The van der Waals surface area contributed by atoms with Gasteiger partial charge in [0.1, 0.15) is 5.54 Å². The van der Waals surface area contributed by atoms with Crippen LogP contribution in [0.25, 0.3) is 0 Å². The lowest BCUT2D eigenvalue weighted by Crippen LogP contribution is -2.56.